The topological polar surface area (TPSA) is 66.2 Å². The molecule has 0 bridgehead atoms. The summed E-state index contributed by atoms with van der Waals surface area (Å²) in [5.74, 6) is 2.81. The number of nitrogens with zero attached hydrogens (tertiary/aromatic N) is 3. The van der Waals surface area contributed by atoms with Gasteiger partial charge in [0, 0.05) is 24.7 Å². The van der Waals surface area contributed by atoms with Crippen LogP contribution in [0.25, 0.3) is 11.3 Å². The second-order valence-electron chi connectivity index (χ2n) is 6.51. The first-order valence-corrected chi connectivity index (χ1v) is 9.94. The monoisotopic (exact) mass is 413 g/mol. The van der Waals surface area contributed by atoms with Crippen LogP contribution < -0.4 is 15.5 Å². The predicted molar refractivity (Wildman–Crippen MR) is 116 cm³/mol. The maximum atomic E-state index is 6.15. The molecule has 0 saturated carbocycles. The SMILES string of the molecule is S=C(NCc1ccc(-c2ccccc2)o1)Nc1nc(Cl)cc(N2CCCC2)n1. The smallest absolute Gasteiger partial charge is 0.232 e. The molecule has 1 fully saturated rings. The highest BCUT2D eigenvalue weighted by atomic mass is 35.5. The molecule has 2 aromatic heterocycles. The van der Waals surface area contributed by atoms with E-state index in [-0.39, 0.29) is 0 Å². The van der Waals surface area contributed by atoms with Crippen LogP contribution in [0.3, 0.4) is 0 Å². The van der Waals surface area contributed by atoms with E-state index in [2.05, 4.69) is 25.5 Å². The highest BCUT2D eigenvalue weighted by molar-refractivity contribution is 7.80. The minimum Gasteiger partial charge on any atom is -0.459 e. The Hall–Kier alpha value is -2.64. The second-order valence-corrected chi connectivity index (χ2v) is 7.30. The summed E-state index contributed by atoms with van der Waals surface area (Å²) in [6.07, 6.45) is 2.33. The molecule has 0 unspecified atom stereocenters. The van der Waals surface area contributed by atoms with Crippen LogP contribution in [0.4, 0.5) is 11.8 Å². The van der Waals surface area contributed by atoms with Crippen molar-refractivity contribution in [2.24, 2.45) is 0 Å². The van der Waals surface area contributed by atoms with Gasteiger partial charge >= 0.3 is 0 Å². The van der Waals surface area contributed by atoms with E-state index in [9.17, 15) is 0 Å². The molecule has 1 aromatic carbocycles. The van der Waals surface area contributed by atoms with Crippen molar-refractivity contribution in [3.05, 3.63) is 59.4 Å². The fourth-order valence-electron chi connectivity index (χ4n) is 3.11. The van der Waals surface area contributed by atoms with Crippen molar-refractivity contribution in [1.29, 1.82) is 0 Å². The van der Waals surface area contributed by atoms with Gasteiger partial charge in [0.1, 0.15) is 22.5 Å². The summed E-state index contributed by atoms with van der Waals surface area (Å²) in [5, 5.41) is 6.91. The average molecular weight is 414 g/mol. The van der Waals surface area contributed by atoms with Gasteiger partial charge in [0.25, 0.3) is 0 Å². The Bertz CT molecular complexity index is 956. The Morgan fingerprint density at radius 3 is 2.68 bits per heavy atom. The minimum absolute atomic E-state index is 0.385. The van der Waals surface area contributed by atoms with Crippen LogP contribution in [0.2, 0.25) is 5.15 Å². The normalized spacial score (nSPS) is 13.5. The van der Waals surface area contributed by atoms with Gasteiger partial charge in [0.2, 0.25) is 5.95 Å². The van der Waals surface area contributed by atoms with E-state index in [4.69, 9.17) is 28.2 Å². The van der Waals surface area contributed by atoms with E-state index in [1.54, 1.807) is 6.07 Å². The molecule has 28 heavy (non-hydrogen) atoms. The summed E-state index contributed by atoms with van der Waals surface area (Å²) >= 11 is 11.5. The molecule has 1 aliphatic heterocycles. The molecule has 2 N–H and O–H groups in total. The molecule has 4 rings (SSSR count). The van der Waals surface area contributed by atoms with Crippen molar-refractivity contribution in [1.82, 2.24) is 15.3 Å². The Labute approximate surface area is 173 Å². The third kappa shape index (κ3) is 4.61. The number of nitrogens with one attached hydrogen (secondary N) is 2. The number of rotatable bonds is 5. The number of hydrogen-bond acceptors (Lipinski definition) is 5. The lowest BCUT2D eigenvalue weighted by molar-refractivity contribution is 0.516. The lowest BCUT2D eigenvalue weighted by Crippen LogP contribution is -2.29. The number of aromatic nitrogens is 2. The molecular weight excluding hydrogens is 394 g/mol. The Kier molecular flexibility index (Phi) is 5.73. The van der Waals surface area contributed by atoms with Crippen molar-refractivity contribution in [2.75, 3.05) is 23.3 Å². The van der Waals surface area contributed by atoms with Crippen LogP contribution in [0.15, 0.2) is 52.9 Å². The highest BCUT2D eigenvalue weighted by Crippen LogP contribution is 2.23. The summed E-state index contributed by atoms with van der Waals surface area (Å²) in [5.41, 5.74) is 1.04. The molecule has 1 saturated heterocycles. The van der Waals surface area contributed by atoms with Gasteiger partial charge in [-0.15, -0.1) is 0 Å². The van der Waals surface area contributed by atoms with Gasteiger partial charge in [-0.2, -0.15) is 4.98 Å². The van der Waals surface area contributed by atoms with Gasteiger partial charge < -0.3 is 20.0 Å². The second kappa shape index (κ2) is 8.58. The Balaban J connectivity index is 1.35. The van der Waals surface area contributed by atoms with Gasteiger partial charge in [-0.1, -0.05) is 41.9 Å². The highest BCUT2D eigenvalue weighted by Gasteiger charge is 2.16. The third-order valence-electron chi connectivity index (χ3n) is 4.48. The van der Waals surface area contributed by atoms with Crippen molar-refractivity contribution >= 4 is 40.7 Å². The molecule has 144 valence electrons. The molecular formula is C20H20ClN5OS. The quantitative estimate of drug-likeness (QED) is 0.472. The zero-order valence-electron chi connectivity index (χ0n) is 15.2. The van der Waals surface area contributed by atoms with E-state index in [1.807, 2.05) is 42.5 Å². The molecule has 0 atom stereocenters. The number of furan rings is 1. The molecule has 1 aliphatic rings. The van der Waals surface area contributed by atoms with Crippen LogP contribution in [-0.2, 0) is 6.54 Å². The van der Waals surface area contributed by atoms with E-state index in [0.29, 0.717) is 22.8 Å². The summed E-state index contributed by atoms with van der Waals surface area (Å²) in [6.45, 7) is 2.42. The molecule has 0 radical (unpaired) electrons. The maximum absolute atomic E-state index is 6.15. The number of hydrogen-bond donors (Lipinski definition) is 2. The van der Waals surface area contributed by atoms with Gasteiger partial charge in [0.05, 0.1) is 6.54 Å². The zero-order chi connectivity index (χ0) is 19.3. The molecule has 8 heteroatoms. The number of halogens is 1. The summed E-state index contributed by atoms with van der Waals surface area (Å²) in [4.78, 5) is 10.9. The van der Waals surface area contributed by atoms with Gasteiger partial charge in [-0.3, -0.25) is 0 Å². The van der Waals surface area contributed by atoms with Crippen molar-refractivity contribution in [3.63, 3.8) is 0 Å². The maximum Gasteiger partial charge on any atom is 0.232 e. The first-order valence-electron chi connectivity index (χ1n) is 9.16. The number of anilines is 2. The first-order chi connectivity index (χ1) is 13.7. The largest absolute Gasteiger partial charge is 0.459 e. The zero-order valence-corrected chi connectivity index (χ0v) is 16.8. The molecule has 3 aromatic rings. The lowest BCUT2D eigenvalue weighted by atomic mass is 10.2. The minimum atomic E-state index is 0.385. The average Bonchev–Trinajstić information content (AvgIpc) is 3.39. The fourth-order valence-corrected chi connectivity index (χ4v) is 3.45. The summed E-state index contributed by atoms with van der Waals surface area (Å²) in [6, 6.07) is 15.6. The molecule has 0 spiro atoms. The van der Waals surface area contributed by atoms with Gasteiger partial charge in [0.15, 0.2) is 5.11 Å². The van der Waals surface area contributed by atoms with Crippen molar-refractivity contribution in [3.8, 4) is 11.3 Å². The molecule has 6 nitrogen and oxygen atoms in total. The standard InChI is InChI=1S/C20H20ClN5OS/c21-17-12-18(26-10-4-5-11-26)24-19(23-17)25-20(28)22-13-15-8-9-16(27-15)14-6-2-1-3-7-14/h1-3,6-9,12H,4-5,10-11,13H2,(H2,22,23,24,25,28). The molecule has 0 amide bonds. The first kappa shape index (κ1) is 18.7. The van der Waals surface area contributed by atoms with E-state index < -0.39 is 0 Å². The van der Waals surface area contributed by atoms with Crippen molar-refractivity contribution in [2.45, 2.75) is 19.4 Å². The van der Waals surface area contributed by atoms with Crippen LogP contribution >= 0.6 is 23.8 Å². The van der Waals surface area contributed by atoms with Crippen LogP contribution in [0, 0.1) is 0 Å². The van der Waals surface area contributed by atoms with E-state index in [1.165, 1.54) is 12.8 Å². The van der Waals surface area contributed by atoms with Crippen LogP contribution in [0.1, 0.15) is 18.6 Å². The van der Waals surface area contributed by atoms with Gasteiger partial charge in [-0.05, 0) is 37.2 Å². The number of benzene rings is 1. The van der Waals surface area contributed by atoms with Crippen molar-refractivity contribution < 1.29 is 4.42 Å². The molecule has 3 heterocycles. The lowest BCUT2D eigenvalue weighted by Gasteiger charge is -2.17. The van der Waals surface area contributed by atoms with E-state index >= 15 is 0 Å². The van der Waals surface area contributed by atoms with Crippen LogP contribution in [0.5, 0.6) is 0 Å². The molecule has 0 aliphatic carbocycles. The Morgan fingerprint density at radius 1 is 1.11 bits per heavy atom. The summed E-state index contributed by atoms with van der Waals surface area (Å²) < 4.78 is 5.87. The summed E-state index contributed by atoms with van der Waals surface area (Å²) in [7, 11) is 0. The van der Waals surface area contributed by atoms with Gasteiger partial charge in [-0.25, -0.2) is 4.98 Å². The Morgan fingerprint density at radius 2 is 1.89 bits per heavy atom. The number of thiocarbonyl (C=S) groups is 1. The fraction of sp³-hybridized carbons (Fsp3) is 0.250. The van der Waals surface area contributed by atoms with Crippen LogP contribution in [-0.4, -0.2) is 28.2 Å². The van der Waals surface area contributed by atoms with E-state index in [0.717, 1.165) is 36.0 Å². The predicted octanol–water partition coefficient (Wildman–Crippen LogP) is 4.48. The third-order valence-corrected chi connectivity index (χ3v) is 4.92.